The summed E-state index contributed by atoms with van der Waals surface area (Å²) in [5.74, 6) is 0.853. The van der Waals surface area contributed by atoms with Crippen molar-refractivity contribution in [2.45, 2.75) is 39.9 Å². The number of rotatable bonds is 8. The summed E-state index contributed by atoms with van der Waals surface area (Å²) in [5, 5.41) is 6.74. The molecule has 0 saturated carbocycles. The van der Waals surface area contributed by atoms with Crippen LogP contribution < -0.4 is 10.6 Å². The van der Waals surface area contributed by atoms with Gasteiger partial charge in [0, 0.05) is 35.2 Å². The first-order chi connectivity index (χ1) is 13.3. The molecular formula is C21H27N5S. The number of hydrogen-bond donors (Lipinski definition) is 2. The highest BCUT2D eigenvalue weighted by atomic mass is 32.1. The monoisotopic (exact) mass is 381 g/mol. The Labute approximate surface area is 165 Å². The highest BCUT2D eigenvalue weighted by molar-refractivity contribution is 7.11. The Morgan fingerprint density at radius 1 is 1.04 bits per heavy atom. The molecule has 0 atom stereocenters. The maximum atomic E-state index is 4.71. The lowest BCUT2D eigenvalue weighted by molar-refractivity contribution is 0.796. The number of benzene rings is 1. The van der Waals surface area contributed by atoms with Crippen LogP contribution in [0.15, 0.2) is 60.1 Å². The molecule has 5 nitrogen and oxygen atoms in total. The van der Waals surface area contributed by atoms with Crippen LogP contribution in [0.25, 0.3) is 0 Å². The second-order valence-electron chi connectivity index (χ2n) is 6.32. The molecule has 0 spiro atoms. The van der Waals surface area contributed by atoms with E-state index in [2.05, 4.69) is 70.4 Å². The van der Waals surface area contributed by atoms with Gasteiger partial charge in [-0.3, -0.25) is 0 Å². The van der Waals surface area contributed by atoms with E-state index in [4.69, 9.17) is 4.99 Å². The Morgan fingerprint density at radius 3 is 2.48 bits per heavy atom. The zero-order chi connectivity index (χ0) is 18.9. The lowest BCUT2D eigenvalue weighted by Gasteiger charge is -2.10. The molecule has 3 rings (SSSR count). The van der Waals surface area contributed by atoms with E-state index in [-0.39, 0.29) is 0 Å². The number of hydrogen-bond acceptors (Lipinski definition) is 3. The number of aryl methyl sites for hydroxylation is 1. The van der Waals surface area contributed by atoms with Crippen molar-refractivity contribution in [3.8, 4) is 0 Å². The summed E-state index contributed by atoms with van der Waals surface area (Å²) in [7, 11) is 0. The van der Waals surface area contributed by atoms with Gasteiger partial charge in [-0.1, -0.05) is 31.2 Å². The summed E-state index contributed by atoms with van der Waals surface area (Å²) in [6.07, 6.45) is 6.71. The summed E-state index contributed by atoms with van der Waals surface area (Å²) in [4.78, 5) is 11.6. The van der Waals surface area contributed by atoms with Gasteiger partial charge in [0.25, 0.3) is 0 Å². The average Bonchev–Trinajstić information content (AvgIpc) is 3.37. The van der Waals surface area contributed by atoms with Crippen molar-refractivity contribution in [2.75, 3.05) is 6.54 Å². The molecule has 142 valence electrons. The summed E-state index contributed by atoms with van der Waals surface area (Å²) < 4.78 is 2.06. The molecule has 2 N–H and O–H groups in total. The lowest BCUT2D eigenvalue weighted by Crippen LogP contribution is -2.36. The molecule has 0 unspecified atom stereocenters. The van der Waals surface area contributed by atoms with Crippen LogP contribution in [0.1, 0.15) is 34.7 Å². The molecule has 3 aromatic rings. The smallest absolute Gasteiger partial charge is 0.191 e. The molecule has 0 amide bonds. The molecule has 27 heavy (non-hydrogen) atoms. The summed E-state index contributed by atoms with van der Waals surface area (Å²) in [5.41, 5.74) is 2.46. The van der Waals surface area contributed by atoms with Crippen molar-refractivity contribution in [1.82, 2.24) is 20.2 Å². The second-order valence-corrected chi connectivity index (χ2v) is 7.57. The van der Waals surface area contributed by atoms with Crippen molar-refractivity contribution in [3.05, 3.63) is 76.0 Å². The molecule has 0 aliphatic heterocycles. The standard InChI is InChI=1S/C21H27N5S/c1-3-19-9-10-20(27-19)14-25-21(23-4-2)24-13-17-5-7-18(8-6-17)15-26-12-11-22-16-26/h5-12,16H,3-4,13-15H2,1-2H3,(H2,23,24,25). The van der Waals surface area contributed by atoms with Crippen molar-refractivity contribution >= 4 is 17.3 Å². The van der Waals surface area contributed by atoms with Crippen molar-refractivity contribution in [2.24, 2.45) is 4.99 Å². The van der Waals surface area contributed by atoms with Gasteiger partial charge in [-0.2, -0.15) is 0 Å². The molecule has 0 saturated heterocycles. The van der Waals surface area contributed by atoms with E-state index in [0.29, 0.717) is 6.54 Å². The second kappa shape index (κ2) is 9.92. The van der Waals surface area contributed by atoms with Gasteiger partial charge in [0.15, 0.2) is 5.96 Å². The Morgan fingerprint density at radius 2 is 1.81 bits per heavy atom. The van der Waals surface area contributed by atoms with Crippen molar-refractivity contribution < 1.29 is 0 Å². The predicted octanol–water partition coefficient (Wildman–Crippen LogP) is 3.81. The van der Waals surface area contributed by atoms with Crippen LogP contribution in [0.5, 0.6) is 0 Å². The van der Waals surface area contributed by atoms with Gasteiger partial charge in [0.05, 0.1) is 19.4 Å². The van der Waals surface area contributed by atoms with Crippen LogP contribution in [0.4, 0.5) is 0 Å². The van der Waals surface area contributed by atoms with E-state index in [9.17, 15) is 0 Å². The summed E-state index contributed by atoms with van der Waals surface area (Å²) in [6, 6.07) is 13.0. The molecule has 6 heteroatoms. The zero-order valence-electron chi connectivity index (χ0n) is 16.0. The van der Waals surface area contributed by atoms with Crippen molar-refractivity contribution in [3.63, 3.8) is 0 Å². The topological polar surface area (TPSA) is 54.2 Å². The maximum absolute atomic E-state index is 4.71. The highest BCUT2D eigenvalue weighted by Gasteiger charge is 2.02. The molecule has 0 aliphatic carbocycles. The van der Waals surface area contributed by atoms with Gasteiger partial charge >= 0.3 is 0 Å². The molecule has 2 aromatic heterocycles. The van der Waals surface area contributed by atoms with E-state index < -0.39 is 0 Å². The van der Waals surface area contributed by atoms with Crippen LogP contribution in [0, 0.1) is 0 Å². The largest absolute Gasteiger partial charge is 0.357 e. The number of aliphatic imine (C=N–C) groups is 1. The fraction of sp³-hybridized carbons (Fsp3) is 0.333. The number of nitrogens with zero attached hydrogens (tertiary/aromatic N) is 3. The van der Waals surface area contributed by atoms with Gasteiger partial charge in [-0.05, 0) is 36.6 Å². The third-order valence-corrected chi connectivity index (χ3v) is 5.44. The normalized spacial score (nSPS) is 11.6. The minimum absolute atomic E-state index is 0.658. The zero-order valence-corrected chi connectivity index (χ0v) is 16.8. The van der Waals surface area contributed by atoms with E-state index in [0.717, 1.165) is 32.0 Å². The van der Waals surface area contributed by atoms with Crippen LogP contribution in [0.3, 0.4) is 0 Å². The first kappa shape index (κ1) is 19.2. The number of guanidine groups is 1. The van der Waals surface area contributed by atoms with Gasteiger partial charge < -0.3 is 15.2 Å². The first-order valence-corrected chi connectivity index (χ1v) is 10.2. The Kier molecular flexibility index (Phi) is 7.04. The van der Waals surface area contributed by atoms with Gasteiger partial charge in [-0.15, -0.1) is 11.3 Å². The minimum atomic E-state index is 0.658. The Balaban J connectivity index is 1.55. The molecule has 0 aliphatic rings. The molecule has 0 fully saturated rings. The molecule has 0 bridgehead atoms. The molecule has 2 heterocycles. The number of thiophene rings is 1. The number of imidazole rings is 1. The number of aromatic nitrogens is 2. The summed E-state index contributed by atoms with van der Waals surface area (Å²) >= 11 is 1.86. The molecule has 0 radical (unpaired) electrons. The third kappa shape index (κ3) is 5.96. The first-order valence-electron chi connectivity index (χ1n) is 9.40. The lowest BCUT2D eigenvalue weighted by atomic mass is 10.1. The highest BCUT2D eigenvalue weighted by Crippen LogP contribution is 2.16. The SMILES string of the molecule is CCNC(=NCc1ccc(Cn2ccnc2)cc1)NCc1ccc(CC)s1. The third-order valence-electron chi connectivity index (χ3n) is 4.21. The molecular weight excluding hydrogens is 354 g/mol. The average molecular weight is 382 g/mol. The van der Waals surface area contributed by atoms with E-state index in [1.165, 1.54) is 20.9 Å². The fourth-order valence-corrected chi connectivity index (χ4v) is 3.63. The van der Waals surface area contributed by atoms with Crippen LogP contribution >= 0.6 is 11.3 Å². The Bertz CT molecular complexity index is 834. The number of nitrogens with one attached hydrogen (secondary N) is 2. The summed E-state index contributed by atoms with van der Waals surface area (Å²) in [6.45, 7) is 7.43. The van der Waals surface area contributed by atoms with Crippen LogP contribution in [-0.4, -0.2) is 22.1 Å². The molecule has 1 aromatic carbocycles. The Hall–Kier alpha value is -2.60. The minimum Gasteiger partial charge on any atom is -0.357 e. The fourth-order valence-electron chi connectivity index (χ4n) is 2.73. The van der Waals surface area contributed by atoms with E-state index in [1.807, 2.05) is 23.9 Å². The van der Waals surface area contributed by atoms with E-state index >= 15 is 0 Å². The van der Waals surface area contributed by atoms with Gasteiger partial charge in [0.1, 0.15) is 0 Å². The predicted molar refractivity (Wildman–Crippen MR) is 113 cm³/mol. The van der Waals surface area contributed by atoms with Crippen LogP contribution in [-0.2, 0) is 26.1 Å². The van der Waals surface area contributed by atoms with Gasteiger partial charge in [-0.25, -0.2) is 9.98 Å². The quantitative estimate of drug-likeness (QED) is 0.461. The van der Waals surface area contributed by atoms with Crippen LogP contribution in [0.2, 0.25) is 0 Å². The van der Waals surface area contributed by atoms with E-state index in [1.54, 1.807) is 6.20 Å². The van der Waals surface area contributed by atoms with Crippen molar-refractivity contribution in [1.29, 1.82) is 0 Å². The maximum Gasteiger partial charge on any atom is 0.191 e. The van der Waals surface area contributed by atoms with Gasteiger partial charge in [0.2, 0.25) is 0 Å².